The minimum absolute atomic E-state index is 0.0486. The van der Waals surface area contributed by atoms with E-state index in [9.17, 15) is 14.9 Å². The standard InChI is InChI=1S/C24H18ClNO4/c25-21-9-1-18(2-10-21)5-13-23(27)14-6-19-7-15-24(16-8-19)30-17-20-3-11-22(12-4-20)26(28)29/h1-16H,17H2/b13-5+,14-6+. The van der Waals surface area contributed by atoms with Gasteiger partial charge in [0.2, 0.25) is 0 Å². The predicted molar refractivity (Wildman–Crippen MR) is 118 cm³/mol. The first-order valence-electron chi connectivity index (χ1n) is 9.11. The van der Waals surface area contributed by atoms with Crippen LogP contribution in [0.15, 0.2) is 84.9 Å². The lowest BCUT2D eigenvalue weighted by molar-refractivity contribution is -0.384. The van der Waals surface area contributed by atoms with Gasteiger partial charge in [-0.3, -0.25) is 14.9 Å². The molecule has 150 valence electrons. The molecular formula is C24H18ClNO4. The van der Waals surface area contributed by atoms with Crippen LogP contribution in [-0.2, 0) is 11.4 Å². The highest BCUT2D eigenvalue weighted by molar-refractivity contribution is 6.30. The summed E-state index contributed by atoms with van der Waals surface area (Å²) in [6, 6.07) is 20.7. The average Bonchev–Trinajstić information content (AvgIpc) is 2.77. The second kappa shape index (κ2) is 10.2. The highest BCUT2D eigenvalue weighted by Crippen LogP contribution is 2.17. The summed E-state index contributed by atoms with van der Waals surface area (Å²) in [6.07, 6.45) is 6.47. The summed E-state index contributed by atoms with van der Waals surface area (Å²) in [5.41, 5.74) is 2.65. The third-order valence-corrected chi connectivity index (χ3v) is 4.43. The lowest BCUT2D eigenvalue weighted by atomic mass is 10.1. The molecule has 3 aromatic carbocycles. The predicted octanol–water partition coefficient (Wildman–Crippen LogP) is 6.12. The molecule has 0 atom stereocenters. The number of nitrogens with zero attached hydrogens (tertiary/aromatic N) is 1. The van der Waals surface area contributed by atoms with Gasteiger partial charge < -0.3 is 4.74 Å². The molecule has 3 rings (SSSR count). The minimum atomic E-state index is -0.435. The second-order valence-corrected chi connectivity index (χ2v) is 6.84. The number of non-ortho nitro benzene ring substituents is 1. The number of ketones is 1. The summed E-state index contributed by atoms with van der Waals surface area (Å²) in [7, 11) is 0. The first-order valence-corrected chi connectivity index (χ1v) is 9.49. The Labute approximate surface area is 179 Å². The fourth-order valence-corrected chi connectivity index (χ4v) is 2.67. The van der Waals surface area contributed by atoms with Crippen LogP contribution in [0.4, 0.5) is 5.69 Å². The smallest absolute Gasteiger partial charge is 0.269 e. The van der Waals surface area contributed by atoms with Crippen molar-refractivity contribution in [3.05, 3.63) is 117 Å². The van der Waals surface area contributed by atoms with E-state index in [-0.39, 0.29) is 11.5 Å². The van der Waals surface area contributed by atoms with Crippen molar-refractivity contribution in [3.63, 3.8) is 0 Å². The molecule has 3 aromatic rings. The van der Waals surface area contributed by atoms with Crippen molar-refractivity contribution in [1.82, 2.24) is 0 Å². The molecule has 5 nitrogen and oxygen atoms in total. The molecule has 30 heavy (non-hydrogen) atoms. The summed E-state index contributed by atoms with van der Waals surface area (Å²) in [5, 5.41) is 11.3. The van der Waals surface area contributed by atoms with Crippen LogP contribution in [0.1, 0.15) is 16.7 Å². The maximum Gasteiger partial charge on any atom is 0.269 e. The van der Waals surface area contributed by atoms with Gasteiger partial charge in [-0.2, -0.15) is 0 Å². The minimum Gasteiger partial charge on any atom is -0.489 e. The van der Waals surface area contributed by atoms with Gasteiger partial charge in [0.05, 0.1) is 4.92 Å². The fourth-order valence-electron chi connectivity index (χ4n) is 2.54. The Morgan fingerprint density at radius 1 is 0.867 bits per heavy atom. The topological polar surface area (TPSA) is 69.4 Å². The molecule has 0 N–H and O–H groups in total. The van der Waals surface area contributed by atoms with Gasteiger partial charge in [0, 0.05) is 17.2 Å². The van der Waals surface area contributed by atoms with Gasteiger partial charge in [-0.05, 0) is 65.2 Å². The Bertz CT molecular complexity index is 1070. The van der Waals surface area contributed by atoms with Crippen molar-refractivity contribution in [3.8, 4) is 5.75 Å². The normalized spacial score (nSPS) is 11.1. The number of rotatable bonds is 8. The highest BCUT2D eigenvalue weighted by Gasteiger charge is 2.04. The number of nitro groups is 1. The number of nitro benzene ring substituents is 1. The van der Waals surface area contributed by atoms with Crippen molar-refractivity contribution in [1.29, 1.82) is 0 Å². The van der Waals surface area contributed by atoms with Gasteiger partial charge in [-0.1, -0.05) is 48.0 Å². The second-order valence-electron chi connectivity index (χ2n) is 6.40. The molecule has 0 fully saturated rings. The zero-order chi connectivity index (χ0) is 21.3. The molecule has 0 aromatic heterocycles. The molecule has 0 aliphatic rings. The average molecular weight is 420 g/mol. The molecule has 0 radical (unpaired) electrons. The van der Waals surface area contributed by atoms with Gasteiger partial charge >= 0.3 is 0 Å². The Balaban J connectivity index is 1.51. The van der Waals surface area contributed by atoms with Crippen molar-refractivity contribution < 1.29 is 14.5 Å². The summed E-state index contributed by atoms with van der Waals surface area (Å²) in [6.45, 7) is 0.307. The van der Waals surface area contributed by atoms with Crippen molar-refractivity contribution in [2.24, 2.45) is 0 Å². The van der Waals surface area contributed by atoms with E-state index in [4.69, 9.17) is 16.3 Å². The quantitative estimate of drug-likeness (QED) is 0.250. The van der Waals surface area contributed by atoms with Gasteiger partial charge in [0.1, 0.15) is 12.4 Å². The number of allylic oxidation sites excluding steroid dienone is 2. The van der Waals surface area contributed by atoms with Crippen LogP contribution in [0, 0.1) is 10.1 Å². The Kier molecular flexibility index (Phi) is 7.14. The molecule has 0 saturated carbocycles. The summed E-state index contributed by atoms with van der Waals surface area (Å²) in [4.78, 5) is 22.2. The Morgan fingerprint density at radius 3 is 1.93 bits per heavy atom. The molecule has 0 heterocycles. The van der Waals surface area contributed by atoms with E-state index in [1.54, 1.807) is 48.6 Å². The van der Waals surface area contributed by atoms with E-state index in [0.717, 1.165) is 16.7 Å². The van der Waals surface area contributed by atoms with Crippen molar-refractivity contribution >= 4 is 35.2 Å². The Morgan fingerprint density at radius 2 is 1.40 bits per heavy atom. The van der Waals surface area contributed by atoms with E-state index in [1.165, 1.54) is 24.3 Å². The maximum absolute atomic E-state index is 12.0. The molecule has 0 unspecified atom stereocenters. The molecule has 0 amide bonds. The number of hydrogen-bond donors (Lipinski definition) is 0. The van der Waals surface area contributed by atoms with Crippen LogP contribution in [0.5, 0.6) is 5.75 Å². The number of halogens is 1. The number of carbonyl (C=O) groups excluding carboxylic acids is 1. The van der Waals surface area contributed by atoms with Crippen LogP contribution in [0.25, 0.3) is 12.2 Å². The van der Waals surface area contributed by atoms with E-state index >= 15 is 0 Å². The lowest BCUT2D eigenvalue weighted by Gasteiger charge is -2.06. The molecule has 6 heteroatoms. The SMILES string of the molecule is O=C(/C=C/c1ccc(Cl)cc1)/C=C/c1ccc(OCc2ccc([N+](=O)[O-])cc2)cc1. The third-order valence-electron chi connectivity index (χ3n) is 4.18. The van der Waals surface area contributed by atoms with Crippen LogP contribution in [-0.4, -0.2) is 10.7 Å². The monoisotopic (exact) mass is 419 g/mol. The fraction of sp³-hybridized carbons (Fsp3) is 0.0417. The zero-order valence-corrected chi connectivity index (χ0v) is 16.7. The van der Waals surface area contributed by atoms with Crippen LogP contribution < -0.4 is 4.74 Å². The van der Waals surface area contributed by atoms with E-state index < -0.39 is 4.92 Å². The Hall–Kier alpha value is -3.70. The molecule has 0 spiro atoms. The van der Waals surface area contributed by atoms with E-state index in [1.807, 2.05) is 24.3 Å². The van der Waals surface area contributed by atoms with Gasteiger partial charge in [0.25, 0.3) is 5.69 Å². The number of ether oxygens (including phenoxy) is 1. The zero-order valence-electron chi connectivity index (χ0n) is 15.9. The molecule has 0 aliphatic carbocycles. The maximum atomic E-state index is 12.0. The first-order chi connectivity index (χ1) is 14.5. The number of hydrogen-bond acceptors (Lipinski definition) is 4. The van der Waals surface area contributed by atoms with E-state index in [2.05, 4.69) is 0 Å². The summed E-state index contributed by atoms with van der Waals surface area (Å²) in [5.74, 6) is 0.544. The molecule has 0 saturated heterocycles. The highest BCUT2D eigenvalue weighted by atomic mass is 35.5. The third kappa shape index (κ3) is 6.43. The van der Waals surface area contributed by atoms with Crippen LogP contribution >= 0.6 is 11.6 Å². The largest absolute Gasteiger partial charge is 0.489 e. The van der Waals surface area contributed by atoms with Gasteiger partial charge in [-0.25, -0.2) is 0 Å². The van der Waals surface area contributed by atoms with Crippen LogP contribution in [0.3, 0.4) is 0 Å². The number of carbonyl (C=O) groups is 1. The first kappa shape index (κ1) is 21.0. The van der Waals surface area contributed by atoms with E-state index in [0.29, 0.717) is 17.4 Å². The summed E-state index contributed by atoms with van der Waals surface area (Å²) < 4.78 is 5.69. The summed E-state index contributed by atoms with van der Waals surface area (Å²) >= 11 is 5.84. The van der Waals surface area contributed by atoms with Gasteiger partial charge in [0.15, 0.2) is 5.78 Å². The molecular weight excluding hydrogens is 402 g/mol. The van der Waals surface area contributed by atoms with Crippen molar-refractivity contribution in [2.75, 3.05) is 0 Å². The van der Waals surface area contributed by atoms with Gasteiger partial charge in [-0.15, -0.1) is 0 Å². The number of benzene rings is 3. The molecule has 0 bridgehead atoms. The lowest BCUT2D eigenvalue weighted by Crippen LogP contribution is -1.96. The van der Waals surface area contributed by atoms with Crippen LogP contribution in [0.2, 0.25) is 5.02 Å². The van der Waals surface area contributed by atoms with Crippen molar-refractivity contribution in [2.45, 2.75) is 6.61 Å². The molecule has 0 aliphatic heterocycles.